The number of carbonyl (C=O) groups is 1. The number of hydrogen-bond donors (Lipinski definition) is 0. The Morgan fingerprint density at radius 1 is 0.792 bits per heavy atom. The van der Waals surface area contributed by atoms with E-state index >= 15 is 0 Å². The molecule has 0 fully saturated rings. The molecule has 0 aliphatic heterocycles. The minimum atomic E-state index is -4.96. The number of benzene rings is 2. The summed E-state index contributed by atoms with van der Waals surface area (Å²) in [6.07, 6.45) is -9.43. The molecule has 0 atom stereocenters. The van der Waals surface area contributed by atoms with Gasteiger partial charge in [0.05, 0.1) is 0 Å². The normalized spacial score (nSPS) is 11.9. The van der Waals surface area contributed by atoms with Gasteiger partial charge in [-0.2, -0.15) is 0 Å². The zero-order chi connectivity index (χ0) is 18.0. The predicted octanol–water partition coefficient (Wildman–Crippen LogP) is 4.96. The molecule has 9 heteroatoms. The number of halogens is 6. The lowest BCUT2D eigenvalue weighted by atomic mass is 10.0. The largest absolute Gasteiger partial charge is 0.573 e. The summed E-state index contributed by atoms with van der Waals surface area (Å²) in [5, 5.41) is 0. The van der Waals surface area contributed by atoms with Gasteiger partial charge >= 0.3 is 12.7 Å². The van der Waals surface area contributed by atoms with E-state index < -0.39 is 24.2 Å². The van der Waals surface area contributed by atoms with Crippen LogP contribution in [0.25, 0.3) is 11.1 Å². The Labute approximate surface area is 131 Å². The Morgan fingerprint density at radius 2 is 1.38 bits per heavy atom. The monoisotopic (exact) mass is 350 g/mol. The second kappa shape index (κ2) is 6.42. The van der Waals surface area contributed by atoms with Crippen molar-refractivity contribution in [2.75, 3.05) is 0 Å². The predicted molar refractivity (Wildman–Crippen MR) is 70.6 cm³/mol. The lowest BCUT2D eigenvalue weighted by Crippen LogP contribution is -2.18. The fourth-order valence-corrected chi connectivity index (χ4v) is 1.90. The van der Waals surface area contributed by atoms with E-state index in [0.717, 1.165) is 42.5 Å². The number of aldehydes is 1. The van der Waals surface area contributed by atoms with E-state index in [1.54, 1.807) is 0 Å². The highest BCUT2D eigenvalue weighted by atomic mass is 19.4. The maximum absolute atomic E-state index is 12.4. The first-order valence-corrected chi connectivity index (χ1v) is 6.28. The van der Waals surface area contributed by atoms with E-state index in [-0.39, 0.29) is 16.7 Å². The van der Waals surface area contributed by atoms with Gasteiger partial charge in [0.25, 0.3) is 0 Å². The second-order valence-electron chi connectivity index (χ2n) is 4.49. The molecule has 0 saturated heterocycles. The zero-order valence-corrected chi connectivity index (χ0v) is 11.6. The molecular weight excluding hydrogens is 342 g/mol. The second-order valence-corrected chi connectivity index (χ2v) is 4.49. The standard InChI is InChI=1S/C15H8F6O3/c16-14(17,18)23-11-4-2-10(3-5-11)12-7-9(8-22)1-6-13(12)24-15(19,20)21/h1-8H. The highest BCUT2D eigenvalue weighted by Gasteiger charge is 2.33. The number of alkyl halides is 6. The zero-order valence-electron chi connectivity index (χ0n) is 11.6. The van der Waals surface area contributed by atoms with Gasteiger partial charge in [0, 0.05) is 11.1 Å². The molecule has 0 saturated carbocycles. The van der Waals surface area contributed by atoms with Crippen LogP contribution in [0, 0.1) is 0 Å². The van der Waals surface area contributed by atoms with E-state index in [2.05, 4.69) is 9.47 Å². The van der Waals surface area contributed by atoms with Gasteiger partial charge in [-0.15, -0.1) is 26.3 Å². The highest BCUT2D eigenvalue weighted by molar-refractivity contribution is 5.81. The van der Waals surface area contributed by atoms with Crippen LogP contribution in [0.4, 0.5) is 26.3 Å². The van der Waals surface area contributed by atoms with Gasteiger partial charge in [-0.3, -0.25) is 4.79 Å². The van der Waals surface area contributed by atoms with E-state index in [0.29, 0.717) is 6.29 Å². The molecule has 0 aliphatic carbocycles. The third kappa shape index (κ3) is 4.90. The summed E-state index contributed by atoms with van der Waals surface area (Å²) < 4.78 is 81.2. The summed E-state index contributed by atoms with van der Waals surface area (Å²) in [7, 11) is 0. The van der Waals surface area contributed by atoms with Crippen molar-refractivity contribution in [3.05, 3.63) is 48.0 Å². The molecule has 2 aromatic rings. The fourth-order valence-electron chi connectivity index (χ4n) is 1.90. The van der Waals surface area contributed by atoms with Gasteiger partial charge < -0.3 is 9.47 Å². The molecular formula is C15H8F6O3. The van der Waals surface area contributed by atoms with E-state index in [1.165, 1.54) is 0 Å². The van der Waals surface area contributed by atoms with Crippen LogP contribution in [0.15, 0.2) is 42.5 Å². The molecule has 0 amide bonds. The molecule has 2 aromatic carbocycles. The van der Waals surface area contributed by atoms with Crippen LogP contribution in [-0.2, 0) is 0 Å². The van der Waals surface area contributed by atoms with Crippen molar-refractivity contribution in [1.82, 2.24) is 0 Å². The summed E-state index contributed by atoms with van der Waals surface area (Å²) in [6, 6.07) is 7.32. The smallest absolute Gasteiger partial charge is 0.406 e. The lowest BCUT2D eigenvalue weighted by molar-refractivity contribution is -0.275. The molecule has 0 heterocycles. The third-order valence-electron chi connectivity index (χ3n) is 2.76. The summed E-state index contributed by atoms with van der Waals surface area (Å²) in [5.74, 6) is -1.12. The van der Waals surface area contributed by atoms with Crippen molar-refractivity contribution in [3.63, 3.8) is 0 Å². The van der Waals surface area contributed by atoms with Crippen LogP contribution in [0.2, 0.25) is 0 Å². The maximum Gasteiger partial charge on any atom is 0.573 e. The molecule has 0 unspecified atom stereocenters. The first kappa shape index (κ1) is 17.6. The van der Waals surface area contributed by atoms with Gasteiger partial charge in [0.2, 0.25) is 0 Å². The third-order valence-corrected chi connectivity index (χ3v) is 2.76. The molecule has 2 rings (SSSR count). The van der Waals surface area contributed by atoms with Crippen molar-refractivity contribution in [1.29, 1.82) is 0 Å². The fraction of sp³-hybridized carbons (Fsp3) is 0.133. The SMILES string of the molecule is O=Cc1ccc(OC(F)(F)F)c(-c2ccc(OC(F)(F)F)cc2)c1. The van der Waals surface area contributed by atoms with Crippen LogP contribution in [0.3, 0.4) is 0 Å². The Kier molecular flexibility index (Phi) is 4.72. The van der Waals surface area contributed by atoms with Crippen molar-refractivity contribution < 1.29 is 40.6 Å². The topological polar surface area (TPSA) is 35.5 Å². The summed E-state index contributed by atoms with van der Waals surface area (Å²) in [5.41, 5.74) is 0.0955. The van der Waals surface area contributed by atoms with Crippen LogP contribution >= 0.6 is 0 Å². The van der Waals surface area contributed by atoms with Crippen LogP contribution in [-0.4, -0.2) is 19.0 Å². The van der Waals surface area contributed by atoms with Gasteiger partial charge in [-0.1, -0.05) is 12.1 Å². The van der Waals surface area contributed by atoms with Gasteiger partial charge in [0.15, 0.2) is 0 Å². The molecule has 24 heavy (non-hydrogen) atoms. The average molecular weight is 350 g/mol. The first-order valence-electron chi connectivity index (χ1n) is 6.28. The number of ether oxygens (including phenoxy) is 2. The number of hydrogen-bond acceptors (Lipinski definition) is 3. The van der Waals surface area contributed by atoms with E-state index in [1.807, 2.05) is 0 Å². The molecule has 0 aliphatic rings. The molecule has 128 valence electrons. The lowest BCUT2D eigenvalue weighted by Gasteiger charge is -2.14. The number of carbonyl (C=O) groups excluding carboxylic acids is 1. The van der Waals surface area contributed by atoms with Crippen molar-refractivity contribution in [2.24, 2.45) is 0 Å². The van der Waals surface area contributed by atoms with E-state index in [4.69, 9.17) is 0 Å². The molecule has 0 bridgehead atoms. The van der Waals surface area contributed by atoms with Crippen molar-refractivity contribution in [2.45, 2.75) is 12.7 Å². The number of rotatable bonds is 4. The highest BCUT2D eigenvalue weighted by Crippen LogP contribution is 2.35. The van der Waals surface area contributed by atoms with Gasteiger partial charge in [0.1, 0.15) is 17.8 Å². The summed E-state index contributed by atoms with van der Waals surface area (Å²) in [4.78, 5) is 10.8. The van der Waals surface area contributed by atoms with Crippen LogP contribution in [0.1, 0.15) is 10.4 Å². The Balaban J connectivity index is 2.40. The quantitative estimate of drug-likeness (QED) is 0.577. The Morgan fingerprint density at radius 3 is 1.88 bits per heavy atom. The summed E-state index contributed by atoms with van der Waals surface area (Å²) in [6.45, 7) is 0. The van der Waals surface area contributed by atoms with Crippen molar-refractivity contribution in [3.8, 4) is 22.6 Å². The minimum absolute atomic E-state index is 0.0788. The molecule has 0 N–H and O–H groups in total. The first-order chi connectivity index (χ1) is 11.1. The van der Waals surface area contributed by atoms with Gasteiger partial charge in [-0.05, 0) is 35.9 Å². The van der Waals surface area contributed by atoms with E-state index in [9.17, 15) is 31.1 Å². The maximum atomic E-state index is 12.4. The minimum Gasteiger partial charge on any atom is -0.406 e. The van der Waals surface area contributed by atoms with Crippen LogP contribution in [0.5, 0.6) is 11.5 Å². The molecule has 0 radical (unpaired) electrons. The average Bonchev–Trinajstić information content (AvgIpc) is 2.45. The molecule has 0 aromatic heterocycles. The van der Waals surface area contributed by atoms with Gasteiger partial charge in [-0.25, -0.2) is 0 Å². The molecule has 3 nitrogen and oxygen atoms in total. The molecule has 0 spiro atoms. The Bertz CT molecular complexity index is 719. The van der Waals surface area contributed by atoms with Crippen molar-refractivity contribution >= 4 is 6.29 Å². The summed E-state index contributed by atoms with van der Waals surface area (Å²) >= 11 is 0. The Hall–Kier alpha value is -2.71. The van der Waals surface area contributed by atoms with Crippen LogP contribution < -0.4 is 9.47 Å².